The minimum absolute atomic E-state index is 0.218. The Morgan fingerprint density at radius 3 is 2.56 bits per heavy atom. The van der Waals surface area contributed by atoms with E-state index < -0.39 is 0 Å². The quantitative estimate of drug-likeness (QED) is 0.782. The van der Waals surface area contributed by atoms with Crippen molar-refractivity contribution in [3.05, 3.63) is 0 Å². The fraction of sp³-hybridized carbons (Fsp3) is 0.923. The van der Waals surface area contributed by atoms with Crippen LogP contribution in [-0.4, -0.2) is 35.1 Å². The second kappa shape index (κ2) is 6.89. The van der Waals surface area contributed by atoms with Crippen LogP contribution in [0.4, 0.5) is 0 Å². The molecule has 0 aromatic carbocycles. The van der Waals surface area contributed by atoms with Crippen LogP contribution in [0.3, 0.4) is 0 Å². The number of carbonyl (C=O) groups is 1. The van der Waals surface area contributed by atoms with Gasteiger partial charge < -0.3 is 10.0 Å². The van der Waals surface area contributed by atoms with Gasteiger partial charge in [0.2, 0.25) is 5.91 Å². The number of piperidine rings is 1. The van der Waals surface area contributed by atoms with Crippen LogP contribution in [0.5, 0.6) is 0 Å². The zero-order valence-electron chi connectivity index (χ0n) is 10.6. The van der Waals surface area contributed by atoms with Crippen molar-refractivity contribution in [2.75, 3.05) is 13.1 Å². The molecular formula is C13H25NO2. The molecule has 1 amide bonds. The van der Waals surface area contributed by atoms with Gasteiger partial charge >= 0.3 is 0 Å². The average molecular weight is 227 g/mol. The van der Waals surface area contributed by atoms with Gasteiger partial charge in [0.15, 0.2) is 0 Å². The molecule has 1 aliphatic rings. The topological polar surface area (TPSA) is 40.5 Å². The molecule has 1 unspecified atom stereocenters. The summed E-state index contributed by atoms with van der Waals surface area (Å²) in [4.78, 5) is 13.7. The van der Waals surface area contributed by atoms with Crippen molar-refractivity contribution in [3.63, 3.8) is 0 Å². The maximum absolute atomic E-state index is 11.8. The maximum Gasteiger partial charge on any atom is 0.222 e. The maximum atomic E-state index is 11.8. The summed E-state index contributed by atoms with van der Waals surface area (Å²) in [7, 11) is 0. The average Bonchev–Trinajstić information content (AvgIpc) is 2.27. The van der Waals surface area contributed by atoms with Crippen LogP contribution in [0.2, 0.25) is 0 Å². The highest BCUT2D eigenvalue weighted by Gasteiger charge is 2.21. The molecule has 1 atom stereocenters. The number of hydrogen-bond donors (Lipinski definition) is 1. The molecule has 16 heavy (non-hydrogen) atoms. The monoisotopic (exact) mass is 227 g/mol. The van der Waals surface area contributed by atoms with Gasteiger partial charge in [0.25, 0.3) is 0 Å². The molecule has 0 radical (unpaired) electrons. The third kappa shape index (κ3) is 4.52. The Morgan fingerprint density at radius 2 is 2.06 bits per heavy atom. The first kappa shape index (κ1) is 13.5. The molecule has 0 spiro atoms. The summed E-state index contributed by atoms with van der Waals surface area (Å²) in [5, 5.41) is 9.14. The van der Waals surface area contributed by atoms with Crippen molar-refractivity contribution in [3.8, 4) is 0 Å². The summed E-state index contributed by atoms with van der Waals surface area (Å²) >= 11 is 0. The summed E-state index contributed by atoms with van der Waals surface area (Å²) < 4.78 is 0. The van der Waals surface area contributed by atoms with Gasteiger partial charge in [-0.15, -0.1) is 0 Å². The van der Waals surface area contributed by atoms with E-state index in [-0.39, 0.29) is 12.0 Å². The predicted molar refractivity (Wildman–Crippen MR) is 65.1 cm³/mol. The van der Waals surface area contributed by atoms with Crippen molar-refractivity contribution < 1.29 is 9.90 Å². The molecule has 3 heteroatoms. The molecule has 94 valence electrons. The number of nitrogens with zero attached hydrogens (tertiary/aromatic N) is 1. The second-order valence-electron chi connectivity index (χ2n) is 5.00. The molecule has 0 aromatic heterocycles. The number of hydrogen-bond acceptors (Lipinski definition) is 2. The first-order valence-corrected chi connectivity index (χ1v) is 6.59. The highest BCUT2D eigenvalue weighted by molar-refractivity contribution is 5.76. The van der Waals surface area contributed by atoms with Crippen molar-refractivity contribution in [2.24, 2.45) is 5.92 Å². The lowest BCUT2D eigenvalue weighted by Gasteiger charge is -2.32. The third-order valence-corrected chi connectivity index (χ3v) is 3.44. The number of aliphatic hydroxyl groups is 1. The molecule has 1 rings (SSSR count). The Kier molecular flexibility index (Phi) is 5.81. The highest BCUT2D eigenvalue weighted by atomic mass is 16.3. The minimum atomic E-state index is -0.360. The van der Waals surface area contributed by atoms with E-state index in [0.29, 0.717) is 12.8 Å². The van der Waals surface area contributed by atoms with Gasteiger partial charge in [-0.1, -0.05) is 19.8 Å². The number of carbonyl (C=O) groups excluding carboxylic acids is 1. The Hall–Kier alpha value is -0.570. The Labute approximate surface area is 98.8 Å². The zero-order valence-corrected chi connectivity index (χ0v) is 10.6. The smallest absolute Gasteiger partial charge is 0.222 e. The van der Waals surface area contributed by atoms with Gasteiger partial charge in [0, 0.05) is 19.5 Å². The minimum Gasteiger partial charge on any atom is -0.393 e. The number of rotatable bonds is 5. The Bertz CT molecular complexity index is 208. The lowest BCUT2D eigenvalue weighted by molar-refractivity contribution is -0.133. The lowest BCUT2D eigenvalue weighted by atomic mass is 9.92. The SMILES string of the molecule is CCCC1CCN(C(=O)CCC(C)O)CC1. The molecule has 0 bridgehead atoms. The van der Waals surface area contributed by atoms with Crippen molar-refractivity contribution >= 4 is 5.91 Å². The molecule has 1 saturated heterocycles. The summed E-state index contributed by atoms with van der Waals surface area (Å²) in [6, 6.07) is 0. The van der Waals surface area contributed by atoms with Crippen LogP contribution in [0.1, 0.15) is 52.4 Å². The first-order chi connectivity index (χ1) is 7.63. The predicted octanol–water partition coefficient (Wildman–Crippen LogP) is 2.19. The highest BCUT2D eigenvalue weighted by Crippen LogP contribution is 2.22. The van der Waals surface area contributed by atoms with Gasteiger partial charge in [0.1, 0.15) is 0 Å². The summed E-state index contributed by atoms with van der Waals surface area (Å²) in [5.74, 6) is 1.04. The zero-order chi connectivity index (χ0) is 12.0. The molecule has 1 aliphatic heterocycles. The lowest BCUT2D eigenvalue weighted by Crippen LogP contribution is -2.38. The summed E-state index contributed by atoms with van der Waals surface area (Å²) in [6.45, 7) is 5.80. The largest absolute Gasteiger partial charge is 0.393 e. The molecule has 0 saturated carbocycles. The van der Waals surface area contributed by atoms with Gasteiger partial charge in [0.05, 0.1) is 6.10 Å². The Morgan fingerprint density at radius 1 is 1.44 bits per heavy atom. The van der Waals surface area contributed by atoms with E-state index in [1.54, 1.807) is 6.92 Å². The standard InChI is InChI=1S/C13H25NO2/c1-3-4-12-7-9-14(10-8-12)13(16)6-5-11(2)15/h11-12,15H,3-10H2,1-2H3. The Balaban J connectivity index is 2.22. The summed E-state index contributed by atoms with van der Waals surface area (Å²) in [5.41, 5.74) is 0. The fourth-order valence-electron chi connectivity index (χ4n) is 2.37. The first-order valence-electron chi connectivity index (χ1n) is 6.59. The van der Waals surface area contributed by atoms with Gasteiger partial charge in [-0.25, -0.2) is 0 Å². The van der Waals surface area contributed by atoms with E-state index in [4.69, 9.17) is 5.11 Å². The van der Waals surface area contributed by atoms with Crippen LogP contribution >= 0.6 is 0 Å². The van der Waals surface area contributed by atoms with Crippen molar-refractivity contribution in [1.82, 2.24) is 4.90 Å². The van der Waals surface area contributed by atoms with Crippen LogP contribution < -0.4 is 0 Å². The number of amides is 1. The van der Waals surface area contributed by atoms with E-state index in [9.17, 15) is 4.79 Å². The van der Waals surface area contributed by atoms with Crippen LogP contribution in [0, 0.1) is 5.92 Å². The molecule has 3 nitrogen and oxygen atoms in total. The van der Waals surface area contributed by atoms with Crippen molar-refractivity contribution in [2.45, 2.75) is 58.5 Å². The molecule has 0 aromatic rings. The van der Waals surface area contributed by atoms with Crippen LogP contribution in [0.25, 0.3) is 0 Å². The molecule has 1 fully saturated rings. The molecular weight excluding hydrogens is 202 g/mol. The van der Waals surface area contributed by atoms with Gasteiger partial charge in [-0.2, -0.15) is 0 Å². The van der Waals surface area contributed by atoms with E-state index in [1.165, 1.54) is 12.8 Å². The van der Waals surface area contributed by atoms with Gasteiger partial charge in [-0.3, -0.25) is 4.79 Å². The van der Waals surface area contributed by atoms with Gasteiger partial charge in [-0.05, 0) is 32.1 Å². The third-order valence-electron chi connectivity index (χ3n) is 3.44. The second-order valence-corrected chi connectivity index (χ2v) is 5.00. The summed E-state index contributed by atoms with van der Waals surface area (Å²) in [6.07, 6.45) is 5.60. The van der Waals surface area contributed by atoms with E-state index >= 15 is 0 Å². The number of likely N-dealkylation sites (tertiary alicyclic amines) is 1. The van der Waals surface area contributed by atoms with Crippen LogP contribution in [-0.2, 0) is 4.79 Å². The van der Waals surface area contributed by atoms with Crippen LogP contribution in [0.15, 0.2) is 0 Å². The normalized spacial score (nSPS) is 19.8. The van der Waals surface area contributed by atoms with E-state index in [1.807, 2.05) is 4.90 Å². The molecule has 0 aliphatic carbocycles. The number of aliphatic hydroxyl groups excluding tert-OH is 1. The van der Waals surface area contributed by atoms with E-state index in [2.05, 4.69) is 6.92 Å². The van der Waals surface area contributed by atoms with E-state index in [0.717, 1.165) is 31.8 Å². The molecule has 1 N–H and O–H groups in total. The molecule has 1 heterocycles. The fourth-order valence-corrected chi connectivity index (χ4v) is 2.37. The van der Waals surface area contributed by atoms with Crippen molar-refractivity contribution in [1.29, 1.82) is 0 Å².